The highest BCUT2D eigenvalue weighted by Gasteiger charge is 2.34. The van der Waals surface area contributed by atoms with Crippen LogP contribution in [0.1, 0.15) is 10.4 Å². The lowest BCUT2D eigenvalue weighted by Crippen LogP contribution is -2.48. The molecule has 0 unspecified atom stereocenters. The number of anilines is 1. The molecule has 0 N–H and O–H groups in total. The van der Waals surface area contributed by atoms with Gasteiger partial charge in [-0.25, -0.2) is 27.3 Å². The van der Waals surface area contributed by atoms with Gasteiger partial charge in [0.2, 0.25) is 0 Å². The van der Waals surface area contributed by atoms with Crippen LogP contribution in [-0.2, 0) is 9.47 Å². The van der Waals surface area contributed by atoms with Crippen LogP contribution in [0.4, 0.5) is 28.0 Å². The van der Waals surface area contributed by atoms with E-state index in [9.17, 15) is 27.2 Å². The van der Waals surface area contributed by atoms with Crippen LogP contribution in [0.2, 0.25) is 10.0 Å². The van der Waals surface area contributed by atoms with Crippen LogP contribution in [-0.4, -0.2) is 44.5 Å². The average molecular weight is 469 g/mol. The molecule has 0 atom stereocenters. The SMILES string of the molecule is COCN(C(=O)c1c(F)cccc1F)C(=O)N(COC)c1cc(Cl)c(F)c(Cl)c1F. The van der Waals surface area contributed by atoms with Crippen molar-refractivity contribution < 1.29 is 36.6 Å². The molecule has 30 heavy (non-hydrogen) atoms. The minimum absolute atomic E-state index is 0.297. The Labute approximate surface area is 178 Å². The van der Waals surface area contributed by atoms with Gasteiger partial charge in [0.15, 0.2) is 11.6 Å². The van der Waals surface area contributed by atoms with Gasteiger partial charge in [-0.3, -0.25) is 9.69 Å². The van der Waals surface area contributed by atoms with Crippen LogP contribution in [0.5, 0.6) is 0 Å². The number of amides is 3. The summed E-state index contributed by atoms with van der Waals surface area (Å²) < 4.78 is 66.0. The topological polar surface area (TPSA) is 59.1 Å². The first-order valence-electron chi connectivity index (χ1n) is 8.03. The minimum Gasteiger partial charge on any atom is -0.364 e. The number of nitrogens with zero attached hydrogens (tertiary/aromatic N) is 2. The van der Waals surface area contributed by atoms with Crippen LogP contribution in [0, 0.1) is 23.3 Å². The van der Waals surface area contributed by atoms with E-state index in [0.717, 1.165) is 38.5 Å². The van der Waals surface area contributed by atoms with Gasteiger partial charge in [-0.2, -0.15) is 0 Å². The van der Waals surface area contributed by atoms with E-state index in [0.29, 0.717) is 9.80 Å². The summed E-state index contributed by atoms with van der Waals surface area (Å²) in [5, 5.41) is -1.62. The molecule has 0 aromatic heterocycles. The maximum absolute atomic E-state index is 14.5. The van der Waals surface area contributed by atoms with Crippen molar-refractivity contribution in [2.75, 3.05) is 32.6 Å². The second-order valence-electron chi connectivity index (χ2n) is 5.70. The number of benzene rings is 2. The van der Waals surface area contributed by atoms with Crippen LogP contribution >= 0.6 is 23.2 Å². The lowest BCUT2D eigenvalue weighted by molar-refractivity contribution is 0.0525. The van der Waals surface area contributed by atoms with Crippen LogP contribution in [0.3, 0.4) is 0 Å². The number of halogens is 6. The predicted octanol–water partition coefficient (Wildman–Crippen LogP) is 4.83. The van der Waals surface area contributed by atoms with Gasteiger partial charge in [0.25, 0.3) is 5.91 Å². The summed E-state index contributed by atoms with van der Waals surface area (Å²) in [7, 11) is 2.25. The molecule has 3 amide bonds. The van der Waals surface area contributed by atoms with Crippen LogP contribution in [0.25, 0.3) is 0 Å². The molecule has 0 saturated heterocycles. The number of carbonyl (C=O) groups is 2. The first-order chi connectivity index (χ1) is 14.1. The number of carbonyl (C=O) groups excluding carboxylic acids is 2. The van der Waals surface area contributed by atoms with Crippen molar-refractivity contribution in [1.82, 2.24) is 4.90 Å². The van der Waals surface area contributed by atoms with Gasteiger partial charge < -0.3 is 9.47 Å². The summed E-state index contributed by atoms with van der Waals surface area (Å²) >= 11 is 11.2. The number of rotatable bonds is 6. The van der Waals surface area contributed by atoms with Gasteiger partial charge in [-0.15, -0.1) is 0 Å². The molecule has 0 saturated carbocycles. The van der Waals surface area contributed by atoms with Crippen molar-refractivity contribution >= 4 is 40.8 Å². The molecule has 0 fully saturated rings. The van der Waals surface area contributed by atoms with Crippen molar-refractivity contribution in [2.45, 2.75) is 0 Å². The maximum Gasteiger partial charge on any atom is 0.335 e. The molecule has 0 radical (unpaired) electrons. The zero-order valence-corrected chi connectivity index (χ0v) is 17.0. The van der Waals surface area contributed by atoms with E-state index in [1.807, 2.05) is 0 Å². The third kappa shape index (κ3) is 4.67. The number of urea groups is 1. The maximum atomic E-state index is 14.5. The molecule has 6 nitrogen and oxygen atoms in total. The average Bonchev–Trinajstić information content (AvgIpc) is 2.71. The highest BCUT2D eigenvalue weighted by atomic mass is 35.5. The van der Waals surface area contributed by atoms with E-state index < -0.39 is 70.0 Å². The third-order valence-corrected chi connectivity index (χ3v) is 4.38. The fraction of sp³-hybridized carbons (Fsp3) is 0.222. The molecule has 0 bridgehead atoms. The molecule has 162 valence electrons. The predicted molar refractivity (Wildman–Crippen MR) is 101 cm³/mol. The van der Waals surface area contributed by atoms with Gasteiger partial charge in [0.05, 0.1) is 10.7 Å². The Bertz CT molecular complexity index is 957. The van der Waals surface area contributed by atoms with Crippen LogP contribution in [0.15, 0.2) is 24.3 Å². The summed E-state index contributed by atoms with van der Waals surface area (Å²) in [5.41, 5.74) is -1.67. The van der Waals surface area contributed by atoms with E-state index in [4.69, 9.17) is 32.7 Å². The Morgan fingerprint density at radius 1 is 0.967 bits per heavy atom. The smallest absolute Gasteiger partial charge is 0.335 e. The number of hydrogen-bond acceptors (Lipinski definition) is 4. The van der Waals surface area contributed by atoms with Gasteiger partial charge in [-0.1, -0.05) is 29.3 Å². The number of ether oxygens (including phenoxy) is 2. The highest BCUT2D eigenvalue weighted by Crippen LogP contribution is 2.34. The first kappa shape index (κ1) is 23.9. The monoisotopic (exact) mass is 468 g/mol. The van der Waals surface area contributed by atoms with Crippen molar-refractivity contribution in [3.8, 4) is 0 Å². The van der Waals surface area contributed by atoms with E-state index in [2.05, 4.69) is 0 Å². The summed E-state index contributed by atoms with van der Waals surface area (Å²) in [6.07, 6.45) is 0. The number of imide groups is 1. The van der Waals surface area contributed by atoms with E-state index in [1.165, 1.54) is 0 Å². The molecule has 0 aliphatic carbocycles. The van der Waals surface area contributed by atoms with Crippen molar-refractivity contribution in [2.24, 2.45) is 0 Å². The highest BCUT2D eigenvalue weighted by molar-refractivity contribution is 6.35. The van der Waals surface area contributed by atoms with Crippen molar-refractivity contribution in [1.29, 1.82) is 0 Å². The minimum atomic E-state index is -1.40. The fourth-order valence-corrected chi connectivity index (χ4v) is 2.87. The molecule has 0 spiro atoms. The Kier molecular flexibility index (Phi) is 8.02. The quantitative estimate of drug-likeness (QED) is 0.263. The second-order valence-corrected chi connectivity index (χ2v) is 6.48. The molecule has 2 rings (SSSR count). The zero-order chi connectivity index (χ0) is 22.6. The largest absolute Gasteiger partial charge is 0.364 e. The molecular weight excluding hydrogens is 455 g/mol. The van der Waals surface area contributed by atoms with E-state index in [-0.39, 0.29) is 0 Å². The number of methoxy groups -OCH3 is 2. The Morgan fingerprint density at radius 3 is 2.07 bits per heavy atom. The second kappa shape index (κ2) is 10.1. The fourth-order valence-electron chi connectivity index (χ4n) is 2.43. The summed E-state index contributed by atoms with van der Waals surface area (Å²) in [4.78, 5) is 26.5. The lowest BCUT2D eigenvalue weighted by Gasteiger charge is -2.29. The normalized spacial score (nSPS) is 10.8. The van der Waals surface area contributed by atoms with E-state index in [1.54, 1.807) is 0 Å². The standard InChI is InChI=1S/C18H14Cl2F4N2O4/c1-29-7-25(12-6-9(19)15(23)14(20)16(12)24)18(28)26(8-30-2)17(27)13-10(21)4-3-5-11(13)22/h3-6H,7-8H2,1-2H3. The van der Waals surface area contributed by atoms with Gasteiger partial charge in [0, 0.05) is 14.2 Å². The van der Waals surface area contributed by atoms with Gasteiger partial charge >= 0.3 is 6.03 Å². The van der Waals surface area contributed by atoms with Crippen LogP contribution < -0.4 is 4.90 Å². The molecule has 2 aromatic rings. The Balaban J connectivity index is 2.56. The Morgan fingerprint density at radius 2 is 1.53 bits per heavy atom. The van der Waals surface area contributed by atoms with Gasteiger partial charge in [-0.05, 0) is 18.2 Å². The molecule has 12 heteroatoms. The third-order valence-electron chi connectivity index (χ3n) is 3.77. The summed E-state index contributed by atoms with van der Waals surface area (Å²) in [6, 6.07) is 2.10. The van der Waals surface area contributed by atoms with Crippen molar-refractivity contribution in [3.63, 3.8) is 0 Å². The molecule has 0 aliphatic heterocycles. The van der Waals surface area contributed by atoms with Crippen molar-refractivity contribution in [3.05, 3.63) is 63.1 Å². The zero-order valence-electron chi connectivity index (χ0n) is 15.5. The molecule has 2 aromatic carbocycles. The van der Waals surface area contributed by atoms with Gasteiger partial charge in [0.1, 0.15) is 35.7 Å². The summed E-state index contributed by atoms with van der Waals surface area (Å²) in [6.45, 7) is -1.41. The first-order valence-corrected chi connectivity index (χ1v) is 8.79. The molecule has 0 heterocycles. The molecule has 0 aliphatic rings. The lowest BCUT2D eigenvalue weighted by atomic mass is 10.1. The number of hydrogen-bond donors (Lipinski definition) is 0. The Hall–Kier alpha value is -2.40. The molecular formula is C18H14Cl2F4N2O4. The van der Waals surface area contributed by atoms with E-state index >= 15 is 0 Å². The summed E-state index contributed by atoms with van der Waals surface area (Å²) in [5.74, 6) is -6.50.